The maximum Gasteiger partial charge on any atom is 0.407 e. The fourth-order valence-corrected chi connectivity index (χ4v) is 3.22. The number of alkyl carbamates (subject to hydrolysis) is 1. The lowest BCUT2D eigenvalue weighted by molar-refractivity contribution is -0.145. The van der Waals surface area contributed by atoms with E-state index in [1.165, 1.54) is 70.6 Å². The minimum Gasteiger partial charge on any atom is -0.463 e. The van der Waals surface area contributed by atoms with Crippen molar-refractivity contribution < 1.29 is 23.8 Å². The maximum atomic E-state index is 11.7. The lowest BCUT2D eigenvalue weighted by atomic mass is 10.0. The fraction of sp³-hybridized carbons (Fsp3) is 0.920. The van der Waals surface area contributed by atoms with Crippen LogP contribution in [0.4, 0.5) is 4.79 Å². The normalized spacial score (nSPS) is 11.4. The zero-order valence-electron chi connectivity index (χ0n) is 20.8. The van der Waals surface area contributed by atoms with Gasteiger partial charge in [0, 0.05) is 13.0 Å². The van der Waals surface area contributed by atoms with Crippen LogP contribution in [-0.2, 0) is 19.0 Å². The van der Waals surface area contributed by atoms with Gasteiger partial charge in [-0.15, -0.1) is 0 Å². The van der Waals surface area contributed by atoms with E-state index in [1.807, 2.05) is 20.8 Å². The molecule has 0 aromatic rings. The van der Waals surface area contributed by atoms with Crippen molar-refractivity contribution in [3.63, 3.8) is 0 Å². The molecule has 0 bridgehead atoms. The fourth-order valence-electron chi connectivity index (χ4n) is 3.22. The molecule has 0 aliphatic rings. The van der Waals surface area contributed by atoms with Crippen LogP contribution in [-0.4, -0.2) is 44.0 Å². The van der Waals surface area contributed by atoms with Crippen molar-refractivity contribution in [2.45, 2.75) is 123 Å². The highest BCUT2D eigenvalue weighted by Gasteiger charge is 2.15. The van der Waals surface area contributed by atoms with E-state index in [0.717, 1.165) is 12.8 Å². The van der Waals surface area contributed by atoms with Gasteiger partial charge in [-0.05, 0) is 27.2 Å². The molecule has 0 aromatic heterocycles. The molecule has 0 unspecified atom stereocenters. The van der Waals surface area contributed by atoms with Crippen LogP contribution in [0.25, 0.3) is 0 Å². The lowest BCUT2D eigenvalue weighted by Gasteiger charge is -2.19. The number of nitrogens with one attached hydrogen (secondary N) is 1. The van der Waals surface area contributed by atoms with E-state index in [2.05, 4.69) is 12.2 Å². The summed E-state index contributed by atoms with van der Waals surface area (Å²) in [6, 6.07) is 0. The van der Waals surface area contributed by atoms with E-state index >= 15 is 0 Å². The van der Waals surface area contributed by atoms with Gasteiger partial charge in [0.05, 0.1) is 13.2 Å². The molecule has 1 N–H and O–H groups in total. The number of esters is 1. The molecule has 0 heterocycles. The first-order chi connectivity index (χ1) is 14.8. The van der Waals surface area contributed by atoms with Crippen LogP contribution in [0.2, 0.25) is 0 Å². The smallest absolute Gasteiger partial charge is 0.407 e. The van der Waals surface area contributed by atoms with Gasteiger partial charge in [0.15, 0.2) is 0 Å². The zero-order valence-corrected chi connectivity index (χ0v) is 20.8. The molecule has 0 atom stereocenters. The van der Waals surface area contributed by atoms with E-state index < -0.39 is 11.7 Å². The van der Waals surface area contributed by atoms with Gasteiger partial charge in [-0.3, -0.25) is 4.79 Å². The number of rotatable bonds is 20. The van der Waals surface area contributed by atoms with E-state index in [4.69, 9.17) is 14.2 Å². The molecule has 0 aliphatic carbocycles. The molecule has 0 spiro atoms. The summed E-state index contributed by atoms with van der Waals surface area (Å²) >= 11 is 0. The summed E-state index contributed by atoms with van der Waals surface area (Å²) < 4.78 is 15.6. The number of hydrogen-bond acceptors (Lipinski definition) is 5. The maximum absolute atomic E-state index is 11.7. The third kappa shape index (κ3) is 24.8. The Balaban J connectivity index is 3.27. The molecule has 0 saturated carbocycles. The van der Waals surface area contributed by atoms with Crippen molar-refractivity contribution in [2.24, 2.45) is 0 Å². The number of carbonyl (C=O) groups is 2. The number of amides is 1. The second kappa shape index (κ2) is 20.6. The van der Waals surface area contributed by atoms with Gasteiger partial charge in [-0.25, -0.2) is 4.79 Å². The summed E-state index contributed by atoms with van der Waals surface area (Å²) in [5, 5.41) is 2.61. The first kappa shape index (κ1) is 29.7. The van der Waals surface area contributed by atoms with Gasteiger partial charge in [0.2, 0.25) is 0 Å². The van der Waals surface area contributed by atoms with E-state index in [1.54, 1.807) is 0 Å². The van der Waals surface area contributed by atoms with Crippen LogP contribution in [0.1, 0.15) is 118 Å². The molecule has 6 nitrogen and oxygen atoms in total. The highest BCUT2D eigenvalue weighted by molar-refractivity contribution is 5.69. The molecule has 0 rings (SSSR count). The molecule has 31 heavy (non-hydrogen) atoms. The average molecular weight is 444 g/mol. The molecule has 1 amide bonds. The van der Waals surface area contributed by atoms with Crippen molar-refractivity contribution in [3.05, 3.63) is 0 Å². The predicted octanol–water partition coefficient (Wildman–Crippen LogP) is 6.55. The van der Waals surface area contributed by atoms with Crippen molar-refractivity contribution in [1.82, 2.24) is 5.32 Å². The van der Waals surface area contributed by atoms with Crippen LogP contribution >= 0.6 is 0 Å². The highest BCUT2D eigenvalue weighted by Crippen LogP contribution is 2.13. The molecule has 6 heteroatoms. The number of carbonyl (C=O) groups excluding carboxylic acids is 2. The first-order valence-electron chi connectivity index (χ1n) is 12.6. The summed E-state index contributed by atoms with van der Waals surface area (Å²) in [6.45, 7) is 9.01. The van der Waals surface area contributed by atoms with Gasteiger partial charge < -0.3 is 19.5 Å². The molecular weight excluding hydrogens is 394 g/mol. The molecule has 0 radical (unpaired) electrons. The van der Waals surface area contributed by atoms with Crippen molar-refractivity contribution in [1.29, 1.82) is 0 Å². The number of ether oxygens (including phenoxy) is 3. The second-order valence-corrected chi connectivity index (χ2v) is 9.25. The van der Waals surface area contributed by atoms with Gasteiger partial charge in [0.25, 0.3) is 0 Å². The standard InChI is InChI=1S/C25H49NO5/c1-5-6-7-8-9-10-11-12-13-14-15-16-17-18-23(27)30-22-21-29-20-19-26-24(28)31-25(2,3)4/h5-22H2,1-4H3,(H,26,28). The Hall–Kier alpha value is -1.30. The highest BCUT2D eigenvalue weighted by atomic mass is 16.6. The van der Waals surface area contributed by atoms with Crippen molar-refractivity contribution >= 4 is 12.1 Å². The largest absolute Gasteiger partial charge is 0.463 e. The topological polar surface area (TPSA) is 73.9 Å². The first-order valence-corrected chi connectivity index (χ1v) is 12.6. The molecule has 0 fully saturated rings. The summed E-state index contributed by atoms with van der Waals surface area (Å²) in [5.41, 5.74) is -0.508. The Labute approximate surface area is 191 Å². The van der Waals surface area contributed by atoms with E-state index in [-0.39, 0.29) is 12.6 Å². The minimum absolute atomic E-state index is 0.154. The Morgan fingerprint density at radius 3 is 1.74 bits per heavy atom. The molecule has 0 aromatic carbocycles. The summed E-state index contributed by atoms with van der Waals surface area (Å²) in [7, 11) is 0. The predicted molar refractivity (Wildman–Crippen MR) is 126 cm³/mol. The molecule has 0 aliphatic heterocycles. The van der Waals surface area contributed by atoms with Gasteiger partial charge in [-0.2, -0.15) is 0 Å². The quantitative estimate of drug-likeness (QED) is 0.170. The van der Waals surface area contributed by atoms with Crippen molar-refractivity contribution in [2.75, 3.05) is 26.4 Å². The van der Waals surface area contributed by atoms with Gasteiger partial charge >= 0.3 is 12.1 Å². The Morgan fingerprint density at radius 1 is 0.710 bits per heavy atom. The zero-order chi connectivity index (χ0) is 23.2. The van der Waals surface area contributed by atoms with Crippen LogP contribution in [0, 0.1) is 0 Å². The molecule has 0 saturated heterocycles. The third-order valence-electron chi connectivity index (χ3n) is 4.89. The molecular formula is C25H49NO5. The van der Waals surface area contributed by atoms with E-state index in [9.17, 15) is 9.59 Å². The second-order valence-electron chi connectivity index (χ2n) is 9.25. The summed E-state index contributed by atoms with van der Waals surface area (Å²) in [4.78, 5) is 23.1. The van der Waals surface area contributed by atoms with E-state index in [0.29, 0.717) is 26.2 Å². The molecule has 184 valence electrons. The average Bonchev–Trinajstić information content (AvgIpc) is 2.69. The third-order valence-corrected chi connectivity index (χ3v) is 4.89. The van der Waals surface area contributed by atoms with Gasteiger partial charge in [-0.1, -0.05) is 84.0 Å². The summed E-state index contributed by atoms with van der Waals surface area (Å²) in [6.07, 6.45) is 16.8. The Morgan fingerprint density at radius 2 is 1.23 bits per heavy atom. The monoisotopic (exact) mass is 443 g/mol. The van der Waals surface area contributed by atoms with Crippen LogP contribution < -0.4 is 5.32 Å². The number of hydrogen-bond donors (Lipinski definition) is 1. The van der Waals surface area contributed by atoms with Gasteiger partial charge in [0.1, 0.15) is 12.2 Å². The SMILES string of the molecule is CCCCCCCCCCCCCCCC(=O)OCCOCCNC(=O)OC(C)(C)C. The van der Waals surface area contributed by atoms with Crippen LogP contribution in [0.5, 0.6) is 0 Å². The van der Waals surface area contributed by atoms with Crippen LogP contribution in [0.3, 0.4) is 0 Å². The summed E-state index contributed by atoms with van der Waals surface area (Å²) in [5.74, 6) is -0.154. The Bertz CT molecular complexity index is 434. The Kier molecular flexibility index (Phi) is 19.7. The number of unbranched alkanes of at least 4 members (excludes halogenated alkanes) is 12. The minimum atomic E-state index is -0.508. The van der Waals surface area contributed by atoms with Crippen molar-refractivity contribution in [3.8, 4) is 0 Å². The lowest BCUT2D eigenvalue weighted by Crippen LogP contribution is -2.34. The van der Waals surface area contributed by atoms with Crippen LogP contribution in [0.15, 0.2) is 0 Å².